The zero-order valence-electron chi connectivity index (χ0n) is 11.1. The Labute approximate surface area is 119 Å². The van der Waals surface area contributed by atoms with E-state index in [-0.39, 0.29) is 0 Å². The fourth-order valence-corrected chi connectivity index (χ4v) is 1.76. The molecule has 0 aliphatic heterocycles. The quantitative estimate of drug-likeness (QED) is 0.438. The van der Waals surface area contributed by atoms with E-state index in [0.29, 0.717) is 5.57 Å². The van der Waals surface area contributed by atoms with E-state index in [1.54, 1.807) is 6.08 Å². The van der Waals surface area contributed by atoms with E-state index in [4.69, 9.17) is 0 Å². The zero-order chi connectivity index (χ0) is 14.0. The maximum Gasteiger partial charge on any atom is 0.150 e. The van der Waals surface area contributed by atoms with Gasteiger partial charge < -0.3 is 0 Å². The highest BCUT2D eigenvalue weighted by atomic mass is 16.1. The minimum absolute atomic E-state index is 0.647. The standard InChI is InChI=1S/C19H16O/c20-16-19(15-18-12-5-2-6-13-18)14-8-7-11-17-9-3-1-4-10-17/h1-16H/b11-7+,14-8+,19-15-. The molecule has 0 spiro atoms. The van der Waals surface area contributed by atoms with E-state index in [9.17, 15) is 4.79 Å². The summed E-state index contributed by atoms with van der Waals surface area (Å²) in [4.78, 5) is 11.0. The number of rotatable bonds is 5. The smallest absolute Gasteiger partial charge is 0.150 e. The molecule has 0 atom stereocenters. The van der Waals surface area contributed by atoms with Gasteiger partial charge in [-0.15, -0.1) is 0 Å². The van der Waals surface area contributed by atoms with Crippen molar-refractivity contribution in [2.75, 3.05) is 0 Å². The Morgan fingerprint density at radius 3 is 1.95 bits per heavy atom. The molecule has 0 radical (unpaired) electrons. The summed E-state index contributed by atoms with van der Waals surface area (Å²) < 4.78 is 0. The number of allylic oxidation sites excluding steroid dienone is 4. The van der Waals surface area contributed by atoms with Gasteiger partial charge in [0.1, 0.15) is 6.29 Å². The van der Waals surface area contributed by atoms with Crippen LogP contribution >= 0.6 is 0 Å². The second-order valence-electron chi connectivity index (χ2n) is 4.30. The molecule has 1 nitrogen and oxygen atoms in total. The number of carbonyl (C=O) groups excluding carboxylic acids is 1. The second-order valence-corrected chi connectivity index (χ2v) is 4.30. The summed E-state index contributed by atoms with van der Waals surface area (Å²) in [6.07, 6.45) is 10.3. The summed E-state index contributed by atoms with van der Waals surface area (Å²) in [5.41, 5.74) is 2.80. The van der Waals surface area contributed by atoms with Gasteiger partial charge in [-0.3, -0.25) is 4.79 Å². The van der Waals surface area contributed by atoms with Crippen molar-refractivity contribution in [2.24, 2.45) is 0 Å². The molecule has 0 amide bonds. The molecule has 0 aliphatic carbocycles. The Kier molecular flexibility index (Phi) is 5.29. The van der Waals surface area contributed by atoms with Gasteiger partial charge >= 0.3 is 0 Å². The summed E-state index contributed by atoms with van der Waals surface area (Å²) in [6.45, 7) is 0. The van der Waals surface area contributed by atoms with E-state index in [1.807, 2.05) is 85.0 Å². The molecule has 2 aromatic carbocycles. The number of benzene rings is 2. The van der Waals surface area contributed by atoms with Crippen molar-refractivity contribution in [1.29, 1.82) is 0 Å². The van der Waals surface area contributed by atoms with Gasteiger partial charge in [-0.25, -0.2) is 0 Å². The monoisotopic (exact) mass is 260 g/mol. The lowest BCUT2D eigenvalue weighted by Gasteiger charge is -1.93. The van der Waals surface area contributed by atoms with Crippen molar-refractivity contribution in [3.05, 3.63) is 95.6 Å². The first kappa shape index (κ1) is 13.8. The molecule has 20 heavy (non-hydrogen) atoms. The summed E-state index contributed by atoms with van der Waals surface area (Å²) in [5, 5.41) is 0. The lowest BCUT2D eigenvalue weighted by Crippen LogP contribution is -1.79. The summed E-state index contributed by atoms with van der Waals surface area (Å²) in [5.74, 6) is 0. The molecule has 98 valence electrons. The number of hydrogen-bond acceptors (Lipinski definition) is 1. The lowest BCUT2D eigenvalue weighted by atomic mass is 10.1. The predicted octanol–water partition coefficient (Wildman–Crippen LogP) is 4.54. The van der Waals surface area contributed by atoms with Gasteiger partial charge in [0, 0.05) is 5.57 Å². The Bertz CT molecular complexity index is 619. The van der Waals surface area contributed by atoms with Crippen LogP contribution in [0.4, 0.5) is 0 Å². The largest absolute Gasteiger partial charge is 0.298 e. The van der Waals surface area contributed by atoms with Crippen molar-refractivity contribution in [2.45, 2.75) is 0 Å². The highest BCUT2D eigenvalue weighted by Crippen LogP contribution is 2.06. The van der Waals surface area contributed by atoms with E-state index in [1.165, 1.54) is 0 Å². The minimum Gasteiger partial charge on any atom is -0.298 e. The van der Waals surface area contributed by atoms with Crippen LogP contribution < -0.4 is 0 Å². The van der Waals surface area contributed by atoms with Crippen molar-refractivity contribution in [3.63, 3.8) is 0 Å². The van der Waals surface area contributed by atoms with Crippen LogP contribution in [0.2, 0.25) is 0 Å². The molecule has 0 aromatic heterocycles. The van der Waals surface area contributed by atoms with Crippen LogP contribution in [0, 0.1) is 0 Å². The summed E-state index contributed by atoms with van der Waals surface area (Å²) in [7, 11) is 0. The van der Waals surface area contributed by atoms with Crippen molar-refractivity contribution in [1.82, 2.24) is 0 Å². The first-order valence-corrected chi connectivity index (χ1v) is 6.50. The van der Waals surface area contributed by atoms with E-state index in [2.05, 4.69) is 0 Å². The van der Waals surface area contributed by atoms with Crippen LogP contribution in [0.3, 0.4) is 0 Å². The van der Waals surface area contributed by atoms with Crippen LogP contribution in [0.15, 0.2) is 84.5 Å². The molecular weight excluding hydrogens is 244 g/mol. The van der Waals surface area contributed by atoms with E-state index < -0.39 is 0 Å². The number of carbonyl (C=O) groups is 1. The zero-order valence-corrected chi connectivity index (χ0v) is 11.1. The fourth-order valence-electron chi connectivity index (χ4n) is 1.76. The Morgan fingerprint density at radius 2 is 1.35 bits per heavy atom. The molecule has 0 aliphatic rings. The van der Waals surface area contributed by atoms with Gasteiger partial charge in [0.2, 0.25) is 0 Å². The van der Waals surface area contributed by atoms with Gasteiger partial charge in [0.05, 0.1) is 0 Å². The molecule has 0 bridgehead atoms. The topological polar surface area (TPSA) is 17.1 Å². The number of aldehydes is 1. The third kappa shape index (κ3) is 4.54. The summed E-state index contributed by atoms with van der Waals surface area (Å²) in [6, 6.07) is 19.8. The van der Waals surface area contributed by atoms with Gasteiger partial charge in [0.25, 0.3) is 0 Å². The third-order valence-electron chi connectivity index (χ3n) is 2.76. The minimum atomic E-state index is 0.647. The van der Waals surface area contributed by atoms with Crippen molar-refractivity contribution in [3.8, 4) is 0 Å². The number of hydrogen-bond donors (Lipinski definition) is 0. The van der Waals surface area contributed by atoms with Crippen LogP contribution in [0.25, 0.3) is 12.2 Å². The van der Waals surface area contributed by atoms with Gasteiger partial charge in [0.15, 0.2) is 0 Å². The van der Waals surface area contributed by atoms with E-state index >= 15 is 0 Å². The first-order chi connectivity index (χ1) is 9.88. The average molecular weight is 260 g/mol. The normalized spacial score (nSPS) is 12.1. The molecule has 0 saturated heterocycles. The lowest BCUT2D eigenvalue weighted by molar-refractivity contribution is -0.104. The second kappa shape index (κ2) is 7.70. The fraction of sp³-hybridized carbons (Fsp3) is 0. The predicted molar refractivity (Wildman–Crippen MR) is 85.1 cm³/mol. The molecular formula is C19H16O. The van der Waals surface area contributed by atoms with Crippen molar-refractivity contribution >= 4 is 18.4 Å². The highest BCUT2D eigenvalue weighted by Gasteiger charge is 1.90. The first-order valence-electron chi connectivity index (χ1n) is 6.50. The molecule has 0 heterocycles. The molecule has 2 rings (SSSR count). The molecule has 0 unspecified atom stereocenters. The molecule has 1 heteroatoms. The highest BCUT2D eigenvalue weighted by molar-refractivity contribution is 5.85. The van der Waals surface area contributed by atoms with Crippen LogP contribution in [0.5, 0.6) is 0 Å². The van der Waals surface area contributed by atoms with Crippen LogP contribution in [-0.2, 0) is 4.79 Å². The van der Waals surface area contributed by atoms with Crippen LogP contribution in [0.1, 0.15) is 11.1 Å². The average Bonchev–Trinajstić information content (AvgIpc) is 2.52. The van der Waals surface area contributed by atoms with Gasteiger partial charge in [-0.1, -0.05) is 85.0 Å². The molecule has 0 N–H and O–H groups in total. The molecule has 0 fully saturated rings. The van der Waals surface area contributed by atoms with Gasteiger partial charge in [-0.05, 0) is 17.2 Å². The summed E-state index contributed by atoms with van der Waals surface area (Å²) >= 11 is 0. The molecule has 0 saturated carbocycles. The maximum atomic E-state index is 11.0. The SMILES string of the molecule is O=CC(=C\c1ccccc1)/C=C/C=C/c1ccccc1. The Balaban J connectivity index is 2.03. The van der Waals surface area contributed by atoms with Gasteiger partial charge in [-0.2, -0.15) is 0 Å². The maximum absolute atomic E-state index is 11.0. The van der Waals surface area contributed by atoms with Crippen LogP contribution in [-0.4, -0.2) is 6.29 Å². The van der Waals surface area contributed by atoms with Crippen molar-refractivity contribution < 1.29 is 4.79 Å². The van der Waals surface area contributed by atoms with E-state index in [0.717, 1.165) is 17.4 Å². The molecule has 2 aromatic rings. The Hall–Kier alpha value is -2.67. The Morgan fingerprint density at radius 1 is 0.750 bits per heavy atom. The third-order valence-corrected chi connectivity index (χ3v) is 2.76.